The first-order valence-corrected chi connectivity index (χ1v) is 11.3. The van der Waals surface area contributed by atoms with Crippen molar-refractivity contribution in [3.63, 3.8) is 0 Å². The second kappa shape index (κ2) is 8.43. The van der Waals surface area contributed by atoms with E-state index in [1.54, 1.807) is 0 Å². The second-order valence-electron chi connectivity index (χ2n) is 9.07. The Morgan fingerprint density at radius 2 is 1.62 bits per heavy atom. The predicted molar refractivity (Wildman–Crippen MR) is 123 cm³/mol. The molecule has 1 saturated heterocycles. The standard InChI is InChI=1S/C28H29FO3/c1-27(2)31-25-18-24(29)23(26(25)32-27)19-30-28(20-12-6-3-7-13-20,21-14-8-4-9-15-21)22-16-10-5-11-17-22/h3-4,6-10,12-17,25-26H,5,11,18-19H2,1-2H3/t25-,26+/m0/s1. The summed E-state index contributed by atoms with van der Waals surface area (Å²) in [7, 11) is 0. The summed E-state index contributed by atoms with van der Waals surface area (Å²) in [6.45, 7) is 3.87. The van der Waals surface area contributed by atoms with Gasteiger partial charge in [-0.15, -0.1) is 0 Å². The Balaban J connectivity index is 1.57. The summed E-state index contributed by atoms with van der Waals surface area (Å²) >= 11 is 0. The highest BCUT2D eigenvalue weighted by molar-refractivity contribution is 5.50. The van der Waals surface area contributed by atoms with E-state index in [4.69, 9.17) is 14.2 Å². The average molecular weight is 433 g/mol. The number of fused-ring (bicyclic) bond motifs is 1. The lowest BCUT2D eigenvalue weighted by Gasteiger charge is -2.38. The molecule has 5 rings (SSSR count). The summed E-state index contributed by atoms with van der Waals surface area (Å²) in [6.07, 6.45) is 8.05. The minimum absolute atomic E-state index is 0.126. The van der Waals surface area contributed by atoms with Gasteiger partial charge in [0, 0.05) is 12.0 Å². The number of halogens is 1. The maximum atomic E-state index is 15.0. The van der Waals surface area contributed by atoms with Crippen molar-refractivity contribution in [3.05, 3.63) is 107 Å². The summed E-state index contributed by atoms with van der Waals surface area (Å²) in [5, 5.41) is 0. The van der Waals surface area contributed by atoms with E-state index in [0.717, 1.165) is 29.5 Å². The molecule has 1 fully saturated rings. The molecule has 0 radical (unpaired) electrons. The van der Waals surface area contributed by atoms with Gasteiger partial charge in [-0.2, -0.15) is 0 Å². The molecule has 0 amide bonds. The fourth-order valence-electron chi connectivity index (χ4n) is 5.06. The van der Waals surface area contributed by atoms with Crippen LogP contribution in [0.2, 0.25) is 0 Å². The predicted octanol–water partition coefficient (Wildman–Crippen LogP) is 6.37. The van der Waals surface area contributed by atoms with Crippen LogP contribution >= 0.6 is 0 Å². The molecular formula is C28H29FO3. The Kier molecular flexibility index (Phi) is 5.62. The maximum absolute atomic E-state index is 15.0. The summed E-state index contributed by atoms with van der Waals surface area (Å²) < 4.78 is 33.8. The first-order chi connectivity index (χ1) is 15.5. The van der Waals surface area contributed by atoms with E-state index in [-0.39, 0.29) is 25.0 Å². The van der Waals surface area contributed by atoms with Gasteiger partial charge in [0.1, 0.15) is 17.5 Å². The quantitative estimate of drug-likeness (QED) is 0.531. The minimum Gasteiger partial charge on any atom is -0.356 e. The maximum Gasteiger partial charge on any atom is 0.164 e. The van der Waals surface area contributed by atoms with E-state index in [9.17, 15) is 4.39 Å². The summed E-state index contributed by atoms with van der Waals surface area (Å²) in [5.41, 5.74) is 2.81. The molecule has 166 valence electrons. The van der Waals surface area contributed by atoms with Crippen molar-refractivity contribution in [1.82, 2.24) is 0 Å². The smallest absolute Gasteiger partial charge is 0.164 e. The number of rotatable bonds is 6. The average Bonchev–Trinajstić information content (AvgIpc) is 3.26. The molecular weight excluding hydrogens is 403 g/mol. The van der Waals surface area contributed by atoms with Crippen LogP contribution in [0.5, 0.6) is 0 Å². The first-order valence-electron chi connectivity index (χ1n) is 11.3. The van der Waals surface area contributed by atoms with Crippen molar-refractivity contribution < 1.29 is 18.6 Å². The zero-order chi connectivity index (χ0) is 22.2. The van der Waals surface area contributed by atoms with Gasteiger partial charge in [-0.05, 0) is 43.4 Å². The molecule has 32 heavy (non-hydrogen) atoms. The molecule has 3 nitrogen and oxygen atoms in total. The van der Waals surface area contributed by atoms with Crippen LogP contribution in [0.1, 0.15) is 44.2 Å². The normalized spacial score (nSPS) is 24.5. The number of allylic oxidation sites excluding steroid dienone is 2. The van der Waals surface area contributed by atoms with Crippen LogP contribution in [0, 0.1) is 0 Å². The van der Waals surface area contributed by atoms with Crippen LogP contribution < -0.4 is 0 Å². The zero-order valence-corrected chi connectivity index (χ0v) is 18.6. The van der Waals surface area contributed by atoms with Crippen LogP contribution in [0.3, 0.4) is 0 Å². The van der Waals surface area contributed by atoms with Crippen LogP contribution in [0.15, 0.2) is 95.9 Å². The third-order valence-electron chi connectivity index (χ3n) is 6.46. The van der Waals surface area contributed by atoms with Gasteiger partial charge in [0.2, 0.25) is 0 Å². The minimum atomic E-state index is -0.847. The second-order valence-corrected chi connectivity index (χ2v) is 9.07. The van der Waals surface area contributed by atoms with Crippen LogP contribution in [-0.2, 0) is 19.8 Å². The lowest BCUT2D eigenvalue weighted by atomic mass is 9.78. The van der Waals surface area contributed by atoms with E-state index in [2.05, 4.69) is 42.5 Å². The Morgan fingerprint density at radius 3 is 2.22 bits per heavy atom. The topological polar surface area (TPSA) is 27.7 Å². The van der Waals surface area contributed by atoms with Crippen molar-refractivity contribution >= 4 is 0 Å². The lowest BCUT2D eigenvalue weighted by molar-refractivity contribution is -0.146. The highest BCUT2D eigenvalue weighted by Gasteiger charge is 2.49. The van der Waals surface area contributed by atoms with Crippen LogP contribution in [0.4, 0.5) is 4.39 Å². The van der Waals surface area contributed by atoms with E-state index in [1.807, 2.05) is 50.2 Å². The van der Waals surface area contributed by atoms with Crippen molar-refractivity contribution in [1.29, 1.82) is 0 Å². The Morgan fingerprint density at radius 1 is 0.969 bits per heavy atom. The fourth-order valence-corrected chi connectivity index (χ4v) is 5.06. The Labute approximate surface area is 189 Å². The Bertz CT molecular complexity index is 1010. The molecule has 0 N–H and O–H groups in total. The molecule has 1 heterocycles. The molecule has 0 saturated carbocycles. The van der Waals surface area contributed by atoms with Gasteiger partial charge in [-0.25, -0.2) is 4.39 Å². The number of ether oxygens (including phenoxy) is 3. The van der Waals surface area contributed by atoms with Gasteiger partial charge in [0.05, 0.1) is 12.7 Å². The molecule has 2 atom stereocenters. The molecule has 0 spiro atoms. The Hall–Kier alpha value is -2.53. The number of hydrogen-bond acceptors (Lipinski definition) is 3. The molecule has 1 aliphatic heterocycles. The fraction of sp³-hybridized carbons (Fsp3) is 0.357. The van der Waals surface area contributed by atoms with Gasteiger partial charge in [0.25, 0.3) is 0 Å². The van der Waals surface area contributed by atoms with E-state index >= 15 is 0 Å². The molecule has 2 aromatic rings. The van der Waals surface area contributed by atoms with Gasteiger partial charge < -0.3 is 14.2 Å². The van der Waals surface area contributed by atoms with Crippen molar-refractivity contribution in [2.24, 2.45) is 0 Å². The molecule has 0 aromatic heterocycles. The summed E-state index contributed by atoms with van der Waals surface area (Å²) in [6, 6.07) is 20.4. The monoisotopic (exact) mass is 432 g/mol. The van der Waals surface area contributed by atoms with Crippen LogP contribution in [0.25, 0.3) is 0 Å². The molecule has 4 heteroatoms. The molecule has 0 bridgehead atoms. The van der Waals surface area contributed by atoms with E-state index in [1.165, 1.54) is 0 Å². The van der Waals surface area contributed by atoms with Gasteiger partial charge in [-0.3, -0.25) is 0 Å². The van der Waals surface area contributed by atoms with Gasteiger partial charge in [-0.1, -0.05) is 78.9 Å². The highest BCUT2D eigenvalue weighted by Crippen LogP contribution is 2.46. The highest BCUT2D eigenvalue weighted by atomic mass is 19.1. The molecule has 2 aliphatic carbocycles. The number of benzene rings is 2. The molecule has 2 aromatic carbocycles. The van der Waals surface area contributed by atoms with Crippen molar-refractivity contribution in [2.75, 3.05) is 6.61 Å². The van der Waals surface area contributed by atoms with Gasteiger partial charge >= 0.3 is 0 Å². The van der Waals surface area contributed by atoms with E-state index < -0.39 is 17.5 Å². The largest absolute Gasteiger partial charge is 0.356 e. The third-order valence-corrected chi connectivity index (χ3v) is 6.46. The first kappa shape index (κ1) is 21.3. The molecule has 0 unspecified atom stereocenters. The van der Waals surface area contributed by atoms with Crippen molar-refractivity contribution in [3.8, 4) is 0 Å². The summed E-state index contributed by atoms with van der Waals surface area (Å²) in [4.78, 5) is 0. The lowest BCUT2D eigenvalue weighted by Crippen LogP contribution is -2.35. The van der Waals surface area contributed by atoms with Crippen molar-refractivity contribution in [2.45, 2.75) is 56.7 Å². The summed E-state index contributed by atoms with van der Waals surface area (Å²) in [5.74, 6) is -0.898. The van der Waals surface area contributed by atoms with Gasteiger partial charge in [0.15, 0.2) is 5.79 Å². The number of hydrogen-bond donors (Lipinski definition) is 0. The van der Waals surface area contributed by atoms with Crippen LogP contribution in [-0.4, -0.2) is 24.6 Å². The SMILES string of the molecule is CC1(C)O[C@H]2CC(F)=C(COC(C3=CCCC=C3)(c3ccccc3)c3ccccc3)[C@H]2O1. The molecule has 3 aliphatic rings. The van der Waals surface area contributed by atoms with E-state index in [0.29, 0.717) is 5.57 Å². The zero-order valence-electron chi connectivity index (χ0n) is 18.6. The third kappa shape index (κ3) is 3.77.